The number of carbonyl (C=O) groups excluding carboxylic acids is 2. The number of para-hydroxylation sites is 2. The summed E-state index contributed by atoms with van der Waals surface area (Å²) in [7, 11) is 0. The van der Waals surface area contributed by atoms with Gasteiger partial charge in [-0.15, -0.1) is 0 Å². The lowest BCUT2D eigenvalue weighted by Crippen LogP contribution is -2.16. The summed E-state index contributed by atoms with van der Waals surface area (Å²) in [5, 5.41) is 5.90. The molecule has 1 aliphatic heterocycles. The second kappa shape index (κ2) is 6.29. The fourth-order valence-corrected chi connectivity index (χ4v) is 2.30. The highest BCUT2D eigenvalue weighted by molar-refractivity contribution is 8.04. The summed E-state index contributed by atoms with van der Waals surface area (Å²) >= 11 is 1.31. The number of hydrogen-bond donors (Lipinski definition) is 2. The van der Waals surface area contributed by atoms with Crippen molar-refractivity contribution in [3.05, 3.63) is 35.4 Å². The van der Waals surface area contributed by atoms with Crippen molar-refractivity contribution in [3.63, 3.8) is 0 Å². The van der Waals surface area contributed by atoms with Crippen molar-refractivity contribution in [2.45, 2.75) is 6.92 Å². The maximum Gasteiger partial charge on any atom is 0.251 e. The van der Waals surface area contributed by atoms with Crippen LogP contribution in [0.5, 0.6) is 5.75 Å². The molecule has 1 aromatic carbocycles. The zero-order chi connectivity index (χ0) is 13.7. The zero-order valence-electron chi connectivity index (χ0n) is 10.4. The van der Waals surface area contributed by atoms with Gasteiger partial charge in [-0.2, -0.15) is 0 Å². The van der Waals surface area contributed by atoms with Gasteiger partial charge in [0.05, 0.1) is 23.1 Å². The van der Waals surface area contributed by atoms with Gasteiger partial charge in [0, 0.05) is 6.08 Å². The van der Waals surface area contributed by atoms with Gasteiger partial charge in [-0.1, -0.05) is 23.9 Å². The van der Waals surface area contributed by atoms with Crippen LogP contribution in [-0.2, 0) is 9.59 Å². The second-order valence-electron chi connectivity index (χ2n) is 3.76. The predicted molar refractivity (Wildman–Crippen MR) is 74.9 cm³/mol. The van der Waals surface area contributed by atoms with Gasteiger partial charge < -0.3 is 15.4 Å². The summed E-state index contributed by atoms with van der Waals surface area (Å²) in [6.07, 6.45) is 1.37. The molecule has 0 radical (unpaired) electrons. The quantitative estimate of drug-likeness (QED) is 0.823. The van der Waals surface area contributed by atoms with Gasteiger partial charge in [0.15, 0.2) is 0 Å². The number of benzene rings is 1. The summed E-state index contributed by atoms with van der Waals surface area (Å²) in [5.74, 6) is 0.602. The van der Waals surface area contributed by atoms with E-state index in [9.17, 15) is 9.59 Å². The zero-order valence-corrected chi connectivity index (χ0v) is 11.3. The maximum absolute atomic E-state index is 11.8. The van der Waals surface area contributed by atoms with E-state index in [2.05, 4.69) is 10.6 Å². The molecule has 2 rings (SSSR count). The third kappa shape index (κ3) is 3.75. The van der Waals surface area contributed by atoms with Gasteiger partial charge in [-0.05, 0) is 19.1 Å². The fraction of sp³-hybridized carbons (Fsp3) is 0.231. The molecule has 1 aliphatic rings. The molecule has 0 bridgehead atoms. The molecule has 0 unspecified atom stereocenters. The molecule has 6 heteroatoms. The highest BCUT2D eigenvalue weighted by Crippen LogP contribution is 2.24. The largest absolute Gasteiger partial charge is 0.492 e. The minimum atomic E-state index is -0.295. The minimum absolute atomic E-state index is 0.0845. The van der Waals surface area contributed by atoms with Crippen LogP contribution in [0.15, 0.2) is 35.4 Å². The summed E-state index contributed by atoms with van der Waals surface area (Å²) in [6.45, 7) is 2.41. The van der Waals surface area contributed by atoms with Crippen LogP contribution in [0.3, 0.4) is 0 Å². The average Bonchev–Trinajstić information content (AvgIpc) is 2.77. The topological polar surface area (TPSA) is 67.4 Å². The lowest BCUT2D eigenvalue weighted by Gasteiger charge is -2.10. The fourth-order valence-electron chi connectivity index (χ4n) is 1.57. The highest BCUT2D eigenvalue weighted by atomic mass is 32.2. The van der Waals surface area contributed by atoms with E-state index < -0.39 is 0 Å². The summed E-state index contributed by atoms with van der Waals surface area (Å²) in [5.41, 5.74) is 0.612. The Bertz CT molecular complexity index is 528. The maximum atomic E-state index is 11.8. The first kappa shape index (κ1) is 13.5. The van der Waals surface area contributed by atoms with Crippen LogP contribution in [0.2, 0.25) is 0 Å². The number of thioether (sulfide) groups is 1. The Labute approximate surface area is 115 Å². The number of amides is 2. The Balaban J connectivity index is 2.04. The van der Waals surface area contributed by atoms with Crippen molar-refractivity contribution in [3.8, 4) is 5.75 Å². The Morgan fingerprint density at radius 1 is 1.53 bits per heavy atom. The normalized spacial score (nSPS) is 16.3. The van der Waals surface area contributed by atoms with Crippen LogP contribution in [0, 0.1) is 0 Å². The van der Waals surface area contributed by atoms with Crippen LogP contribution in [0.4, 0.5) is 5.69 Å². The van der Waals surface area contributed by atoms with E-state index in [4.69, 9.17) is 4.74 Å². The first-order chi connectivity index (χ1) is 9.19. The van der Waals surface area contributed by atoms with E-state index in [0.717, 1.165) is 0 Å². The minimum Gasteiger partial charge on any atom is -0.492 e. The van der Waals surface area contributed by atoms with Crippen LogP contribution in [0.25, 0.3) is 0 Å². The molecule has 2 N–H and O–H groups in total. The number of nitrogens with one attached hydrogen (secondary N) is 2. The van der Waals surface area contributed by atoms with Gasteiger partial charge in [0.1, 0.15) is 5.75 Å². The first-order valence-corrected chi connectivity index (χ1v) is 6.84. The lowest BCUT2D eigenvalue weighted by molar-refractivity contribution is -0.117. The average molecular weight is 278 g/mol. The smallest absolute Gasteiger partial charge is 0.251 e. The summed E-state index contributed by atoms with van der Waals surface area (Å²) < 4.78 is 5.41. The molecular weight excluding hydrogens is 264 g/mol. The van der Waals surface area contributed by atoms with Gasteiger partial charge >= 0.3 is 0 Å². The molecule has 0 aromatic heterocycles. The number of anilines is 1. The molecule has 2 amide bonds. The summed E-state index contributed by atoms with van der Waals surface area (Å²) in [4.78, 5) is 22.8. The lowest BCUT2D eigenvalue weighted by atomic mass is 10.3. The van der Waals surface area contributed by atoms with Gasteiger partial charge in [0.25, 0.3) is 5.91 Å². The van der Waals surface area contributed by atoms with Crippen molar-refractivity contribution in [2.75, 3.05) is 17.7 Å². The molecule has 100 valence electrons. The molecule has 0 spiro atoms. The molecule has 5 nitrogen and oxygen atoms in total. The second-order valence-corrected chi connectivity index (χ2v) is 4.78. The molecule has 0 aliphatic carbocycles. The first-order valence-electron chi connectivity index (χ1n) is 5.86. The van der Waals surface area contributed by atoms with E-state index in [1.165, 1.54) is 17.8 Å². The van der Waals surface area contributed by atoms with Crippen LogP contribution >= 0.6 is 11.8 Å². The third-order valence-electron chi connectivity index (χ3n) is 2.33. The Kier molecular flexibility index (Phi) is 4.46. The summed E-state index contributed by atoms with van der Waals surface area (Å²) in [6, 6.07) is 7.21. The van der Waals surface area contributed by atoms with Crippen molar-refractivity contribution in [1.29, 1.82) is 0 Å². The molecule has 19 heavy (non-hydrogen) atoms. The Hall–Kier alpha value is -1.95. The molecule has 0 saturated carbocycles. The van der Waals surface area contributed by atoms with E-state index in [0.29, 0.717) is 28.8 Å². The van der Waals surface area contributed by atoms with Crippen LogP contribution < -0.4 is 15.4 Å². The highest BCUT2D eigenvalue weighted by Gasteiger charge is 2.16. The van der Waals surface area contributed by atoms with Crippen molar-refractivity contribution in [1.82, 2.24) is 5.32 Å². The van der Waals surface area contributed by atoms with E-state index in [1.807, 2.05) is 19.1 Å². The predicted octanol–water partition coefficient (Wildman–Crippen LogP) is 1.73. The molecule has 1 heterocycles. The number of ether oxygens (including phenoxy) is 1. The molecule has 0 atom stereocenters. The van der Waals surface area contributed by atoms with Crippen LogP contribution in [0.1, 0.15) is 6.92 Å². The molecule has 1 aromatic rings. The van der Waals surface area contributed by atoms with Crippen LogP contribution in [-0.4, -0.2) is 24.2 Å². The van der Waals surface area contributed by atoms with Crippen molar-refractivity contribution >= 4 is 29.3 Å². The van der Waals surface area contributed by atoms with E-state index >= 15 is 0 Å². The SMILES string of the molecule is CCOc1ccccc1NC(=O)/C=C1\NC(=O)CS1. The third-order valence-corrected chi connectivity index (χ3v) is 3.27. The molecular formula is C13H14N2O3S. The van der Waals surface area contributed by atoms with Crippen molar-refractivity contribution in [2.24, 2.45) is 0 Å². The number of carbonyl (C=O) groups is 2. The Morgan fingerprint density at radius 3 is 3.00 bits per heavy atom. The van der Waals surface area contributed by atoms with Gasteiger partial charge in [-0.3, -0.25) is 9.59 Å². The van der Waals surface area contributed by atoms with Gasteiger partial charge in [-0.25, -0.2) is 0 Å². The number of rotatable bonds is 4. The van der Waals surface area contributed by atoms with E-state index in [-0.39, 0.29) is 11.8 Å². The monoisotopic (exact) mass is 278 g/mol. The van der Waals surface area contributed by atoms with Crippen molar-refractivity contribution < 1.29 is 14.3 Å². The molecule has 1 saturated heterocycles. The Morgan fingerprint density at radius 2 is 2.32 bits per heavy atom. The van der Waals surface area contributed by atoms with Gasteiger partial charge in [0.2, 0.25) is 5.91 Å². The number of hydrogen-bond acceptors (Lipinski definition) is 4. The standard InChI is InChI=1S/C13H14N2O3S/c1-2-18-10-6-4-3-5-9(10)14-11(16)7-13-15-12(17)8-19-13/h3-7H,2,8H2,1H3,(H,14,16)(H,15,17)/b13-7+. The van der Waals surface area contributed by atoms with E-state index in [1.54, 1.807) is 12.1 Å². The molecule has 1 fully saturated rings.